The van der Waals surface area contributed by atoms with E-state index in [9.17, 15) is 10.1 Å². The molecule has 2 unspecified atom stereocenters. The number of carbonyl (C=O) groups excluding carboxylic acids is 1. The van der Waals surface area contributed by atoms with Crippen LogP contribution in [0.15, 0.2) is 83.8 Å². The Hall–Kier alpha value is -4.09. The van der Waals surface area contributed by atoms with E-state index < -0.39 is 5.41 Å². The quantitative estimate of drug-likeness (QED) is 0.240. The first-order valence-electron chi connectivity index (χ1n) is 15.7. The van der Waals surface area contributed by atoms with Gasteiger partial charge in [0, 0.05) is 48.5 Å². The summed E-state index contributed by atoms with van der Waals surface area (Å²) in [6, 6.07) is 18.6. The van der Waals surface area contributed by atoms with Gasteiger partial charge in [-0.05, 0) is 74.9 Å². The van der Waals surface area contributed by atoms with E-state index in [-0.39, 0.29) is 17.9 Å². The number of hydrogen-bond donors (Lipinski definition) is 4. The van der Waals surface area contributed by atoms with Gasteiger partial charge < -0.3 is 21.3 Å². The number of benzene rings is 2. The number of pyridine rings is 1. The number of piperidine rings is 1. The van der Waals surface area contributed by atoms with Gasteiger partial charge in [0.25, 0.3) is 0 Å². The molecule has 1 aromatic heterocycles. The van der Waals surface area contributed by atoms with Gasteiger partial charge in [0.15, 0.2) is 0 Å². The number of nitrogens with zero attached hydrogens (tertiary/aromatic N) is 4. The van der Waals surface area contributed by atoms with E-state index >= 15 is 0 Å². The Kier molecular flexibility index (Phi) is 9.00. The highest BCUT2D eigenvalue weighted by Gasteiger charge is 2.50. The fourth-order valence-electron chi connectivity index (χ4n) is 5.95. The van der Waals surface area contributed by atoms with Crippen LogP contribution >= 0.6 is 8.58 Å². The zero-order valence-corrected chi connectivity index (χ0v) is 26.9. The van der Waals surface area contributed by atoms with Gasteiger partial charge in [-0.3, -0.25) is 15.1 Å². The third kappa shape index (κ3) is 6.64. The van der Waals surface area contributed by atoms with E-state index in [1.54, 1.807) is 0 Å². The lowest BCUT2D eigenvalue weighted by Gasteiger charge is -2.37. The summed E-state index contributed by atoms with van der Waals surface area (Å²) in [4.78, 5) is 24.9. The maximum atomic E-state index is 12.7. The van der Waals surface area contributed by atoms with Gasteiger partial charge in [0.2, 0.25) is 5.91 Å². The Morgan fingerprint density at radius 1 is 1.24 bits per heavy atom. The minimum atomic E-state index is -0.870. The topological polar surface area (TPSA) is 131 Å². The third-order valence-electron chi connectivity index (χ3n) is 8.92. The van der Waals surface area contributed by atoms with Crippen molar-refractivity contribution < 1.29 is 4.79 Å². The number of nitriles is 1. The number of likely N-dealkylation sites (tertiary alicyclic amines) is 1. The smallest absolute Gasteiger partial charge is 0.244 e. The summed E-state index contributed by atoms with van der Waals surface area (Å²) in [5.74, 6) is 0.964. The largest absolute Gasteiger partial charge is 0.356 e. The van der Waals surface area contributed by atoms with E-state index in [1.807, 2.05) is 42.6 Å². The molecule has 10 heteroatoms. The number of nitrogens with two attached hydrogens (primary N) is 1. The number of amides is 1. The first kappa shape index (κ1) is 30.9. The average molecular weight is 621 g/mol. The molecule has 3 aromatic rings. The maximum absolute atomic E-state index is 12.7. The molecule has 6 rings (SSSR count). The van der Waals surface area contributed by atoms with Crippen molar-refractivity contribution in [2.45, 2.75) is 58.0 Å². The van der Waals surface area contributed by atoms with E-state index in [4.69, 9.17) is 15.7 Å². The van der Waals surface area contributed by atoms with Crippen LogP contribution < -0.4 is 21.7 Å². The maximum Gasteiger partial charge on any atom is 0.244 e. The average Bonchev–Trinajstić information content (AvgIpc) is 3.86. The second-order valence-electron chi connectivity index (χ2n) is 12.4. The Morgan fingerprint density at radius 2 is 2.02 bits per heavy atom. The molecule has 3 heterocycles. The van der Waals surface area contributed by atoms with Crippen molar-refractivity contribution in [1.82, 2.24) is 20.5 Å². The predicted octanol–water partition coefficient (Wildman–Crippen LogP) is 5.63. The summed E-state index contributed by atoms with van der Waals surface area (Å²) >= 11 is 0. The Labute approximate surface area is 266 Å². The minimum absolute atomic E-state index is 0.0136. The monoisotopic (exact) mass is 620 g/mol. The van der Waals surface area contributed by atoms with Crippen LogP contribution in [-0.4, -0.2) is 46.4 Å². The van der Waals surface area contributed by atoms with Crippen LogP contribution in [0.2, 0.25) is 0 Å². The number of nitrogens with one attached hydrogen (secondary N) is 3. The van der Waals surface area contributed by atoms with Crippen molar-refractivity contribution >= 4 is 36.5 Å². The predicted molar refractivity (Wildman–Crippen MR) is 183 cm³/mol. The first-order valence-corrected chi connectivity index (χ1v) is 16.8. The van der Waals surface area contributed by atoms with Crippen LogP contribution in [0.5, 0.6) is 0 Å². The number of carbonyl (C=O) groups is 1. The second kappa shape index (κ2) is 13.1. The molecule has 1 saturated heterocycles. The molecule has 232 valence electrons. The molecule has 0 bridgehead atoms. The summed E-state index contributed by atoms with van der Waals surface area (Å²) in [7, 11) is 0.450. The molecule has 1 saturated carbocycles. The Balaban J connectivity index is 1.23. The molecular formula is C35H41N8OP. The van der Waals surface area contributed by atoms with Crippen LogP contribution in [0.1, 0.15) is 45.1 Å². The van der Waals surface area contributed by atoms with Gasteiger partial charge in [0.05, 0.1) is 11.8 Å². The van der Waals surface area contributed by atoms with Crippen molar-refractivity contribution in [3.8, 4) is 17.3 Å². The SMILES string of the molecule is C=C/C(=C1/N=C(N2CCC(N)CC2)PC(NCc2ccccc2-c2nccc3cc(NC(=O)C4(C#N)CC4)ccc23)N1)C(C)C. The normalized spacial score (nSPS) is 21.2. The van der Waals surface area contributed by atoms with Gasteiger partial charge >= 0.3 is 0 Å². The molecule has 1 aliphatic carbocycles. The van der Waals surface area contributed by atoms with Crippen LogP contribution in [0.25, 0.3) is 22.0 Å². The number of allylic oxidation sites excluding steroid dienone is 2. The fourth-order valence-corrected chi connectivity index (χ4v) is 7.21. The number of hydrogen-bond acceptors (Lipinski definition) is 8. The third-order valence-corrected chi connectivity index (χ3v) is 10.2. The highest BCUT2D eigenvalue weighted by atomic mass is 31.1. The van der Waals surface area contributed by atoms with E-state index in [1.165, 1.54) is 0 Å². The van der Waals surface area contributed by atoms with Crippen molar-refractivity contribution in [3.05, 3.63) is 84.3 Å². The number of amidine groups is 1. The zero-order chi connectivity index (χ0) is 31.6. The number of anilines is 1. The highest BCUT2D eigenvalue weighted by Crippen LogP contribution is 2.46. The standard InChI is InChI=1S/C35H41N8OP/c1-4-27(22(2)3)31-41-33(45-34(42-31)43-17-12-25(37)13-18-43)39-20-24-7-5-6-8-28(24)30-29-10-9-26(19-23(29)11-16-38-30)40-32(44)35(21-36)14-15-35/h4-11,16,19,22,25,33,39,41,45H,1,12-15,17-18,20,37H2,2-3H3,(H,40,44)/b31-27-. The Bertz CT molecular complexity index is 1710. The van der Waals surface area contributed by atoms with E-state index in [0.29, 0.717) is 39.6 Å². The summed E-state index contributed by atoms with van der Waals surface area (Å²) in [5.41, 5.74) is 11.3. The molecule has 0 radical (unpaired) electrons. The van der Waals surface area contributed by atoms with Crippen molar-refractivity contribution in [1.29, 1.82) is 5.26 Å². The summed E-state index contributed by atoms with van der Waals surface area (Å²) in [6.45, 7) is 10.9. The fraction of sp³-hybridized carbons (Fsp3) is 0.371. The molecule has 2 atom stereocenters. The number of fused-ring (bicyclic) bond motifs is 1. The lowest BCUT2D eigenvalue weighted by atomic mass is 9.99. The first-order chi connectivity index (χ1) is 21.8. The highest BCUT2D eigenvalue weighted by molar-refractivity contribution is 7.58. The molecule has 2 aliphatic heterocycles. The van der Waals surface area contributed by atoms with Gasteiger partial charge in [-0.2, -0.15) is 5.26 Å². The van der Waals surface area contributed by atoms with E-state index in [0.717, 1.165) is 70.5 Å². The zero-order valence-electron chi connectivity index (χ0n) is 25.9. The van der Waals surface area contributed by atoms with Crippen LogP contribution in [0.3, 0.4) is 0 Å². The summed E-state index contributed by atoms with van der Waals surface area (Å²) in [6.07, 6.45) is 6.91. The van der Waals surface area contributed by atoms with Gasteiger partial charge in [-0.15, -0.1) is 0 Å². The number of aliphatic imine (C=N–C) groups is 1. The van der Waals surface area contributed by atoms with Crippen LogP contribution in [0.4, 0.5) is 5.69 Å². The minimum Gasteiger partial charge on any atom is -0.356 e. The molecule has 2 fully saturated rings. The molecule has 1 amide bonds. The van der Waals surface area contributed by atoms with Gasteiger partial charge in [-0.25, -0.2) is 4.99 Å². The van der Waals surface area contributed by atoms with Gasteiger partial charge in [-0.1, -0.05) is 56.8 Å². The van der Waals surface area contributed by atoms with Crippen LogP contribution in [0, 0.1) is 22.7 Å². The lowest BCUT2D eigenvalue weighted by molar-refractivity contribution is -0.119. The number of aromatic nitrogens is 1. The second-order valence-corrected chi connectivity index (χ2v) is 13.7. The molecule has 2 aromatic carbocycles. The van der Waals surface area contributed by atoms with Crippen LogP contribution in [-0.2, 0) is 11.3 Å². The Morgan fingerprint density at radius 3 is 2.73 bits per heavy atom. The van der Waals surface area contributed by atoms with E-state index in [2.05, 4.69) is 65.5 Å². The number of rotatable bonds is 8. The molecule has 5 N–H and O–H groups in total. The summed E-state index contributed by atoms with van der Waals surface area (Å²) < 4.78 is 0. The molecule has 9 nitrogen and oxygen atoms in total. The lowest BCUT2D eigenvalue weighted by Crippen LogP contribution is -2.47. The van der Waals surface area contributed by atoms with Gasteiger partial charge in [0.1, 0.15) is 22.7 Å². The molecule has 3 aliphatic rings. The molecular weight excluding hydrogens is 579 g/mol. The van der Waals surface area contributed by atoms with Crippen molar-refractivity contribution in [2.75, 3.05) is 18.4 Å². The summed E-state index contributed by atoms with van der Waals surface area (Å²) in [5, 5.41) is 21.7. The molecule has 0 spiro atoms. The van der Waals surface area contributed by atoms with Crippen molar-refractivity contribution in [3.63, 3.8) is 0 Å². The van der Waals surface area contributed by atoms with Crippen molar-refractivity contribution in [2.24, 2.45) is 22.1 Å². The molecule has 45 heavy (non-hydrogen) atoms.